The van der Waals surface area contributed by atoms with E-state index in [0.717, 1.165) is 5.92 Å². The number of aliphatic imine (C=N–C) groups is 1. The van der Waals surface area contributed by atoms with Gasteiger partial charge in [0, 0.05) is 24.4 Å². The Morgan fingerprint density at radius 3 is 2.95 bits per heavy atom. The summed E-state index contributed by atoms with van der Waals surface area (Å²) in [5.41, 5.74) is 0. The van der Waals surface area contributed by atoms with E-state index in [-0.39, 0.29) is 0 Å². The second-order valence-electron chi connectivity index (χ2n) is 6.55. The molecule has 0 aromatic heterocycles. The third-order valence-corrected chi connectivity index (χ3v) is 6.21. The second kappa shape index (κ2) is 6.04. The van der Waals surface area contributed by atoms with Crippen molar-refractivity contribution in [3.05, 3.63) is 0 Å². The Morgan fingerprint density at radius 2 is 2.11 bits per heavy atom. The molecule has 0 aromatic rings. The van der Waals surface area contributed by atoms with Gasteiger partial charge in [-0.05, 0) is 45.6 Å². The Balaban J connectivity index is 1.56. The SMILES string of the molecule is CC1CC(NC2=NC3CCCCC3CS2)CCN1C. The predicted molar refractivity (Wildman–Crippen MR) is 83.9 cm³/mol. The maximum atomic E-state index is 5.00. The van der Waals surface area contributed by atoms with E-state index in [9.17, 15) is 0 Å². The third kappa shape index (κ3) is 3.27. The highest BCUT2D eigenvalue weighted by molar-refractivity contribution is 8.13. The zero-order valence-corrected chi connectivity index (χ0v) is 13.1. The molecule has 0 amide bonds. The van der Waals surface area contributed by atoms with Crippen LogP contribution in [0.1, 0.15) is 45.4 Å². The summed E-state index contributed by atoms with van der Waals surface area (Å²) in [5.74, 6) is 2.15. The molecule has 0 spiro atoms. The first-order valence-electron chi connectivity index (χ1n) is 7.90. The molecule has 0 radical (unpaired) electrons. The Morgan fingerprint density at radius 1 is 1.26 bits per heavy atom. The lowest BCUT2D eigenvalue weighted by molar-refractivity contribution is 0.177. The van der Waals surface area contributed by atoms with E-state index in [4.69, 9.17) is 4.99 Å². The van der Waals surface area contributed by atoms with Gasteiger partial charge in [-0.25, -0.2) is 0 Å². The molecule has 4 atom stereocenters. The fourth-order valence-corrected chi connectivity index (χ4v) is 4.82. The second-order valence-corrected chi connectivity index (χ2v) is 7.56. The van der Waals surface area contributed by atoms with Crippen LogP contribution in [0.5, 0.6) is 0 Å². The molecule has 1 aliphatic carbocycles. The third-order valence-electron chi connectivity index (χ3n) is 5.12. The molecule has 3 nitrogen and oxygen atoms in total. The van der Waals surface area contributed by atoms with Crippen LogP contribution in [-0.4, -0.2) is 47.5 Å². The highest BCUT2D eigenvalue weighted by Gasteiger charge is 2.30. The zero-order valence-electron chi connectivity index (χ0n) is 12.3. The van der Waals surface area contributed by atoms with Crippen molar-refractivity contribution in [2.24, 2.45) is 10.9 Å². The van der Waals surface area contributed by atoms with Crippen molar-refractivity contribution in [2.45, 2.75) is 63.6 Å². The van der Waals surface area contributed by atoms with E-state index in [1.165, 1.54) is 56.0 Å². The number of piperidine rings is 1. The predicted octanol–water partition coefficient (Wildman–Crippen LogP) is 2.72. The van der Waals surface area contributed by atoms with Crippen molar-refractivity contribution >= 4 is 16.9 Å². The van der Waals surface area contributed by atoms with Gasteiger partial charge < -0.3 is 10.2 Å². The highest BCUT2D eigenvalue weighted by Crippen LogP contribution is 2.34. The molecule has 2 aliphatic heterocycles. The maximum absolute atomic E-state index is 5.00. The van der Waals surface area contributed by atoms with Gasteiger partial charge in [-0.1, -0.05) is 24.6 Å². The number of nitrogens with one attached hydrogen (secondary N) is 1. The summed E-state index contributed by atoms with van der Waals surface area (Å²) < 4.78 is 0. The van der Waals surface area contributed by atoms with Gasteiger partial charge in [-0.3, -0.25) is 4.99 Å². The Bertz CT molecular complexity index is 344. The Labute approximate surface area is 121 Å². The average Bonchev–Trinajstić information content (AvgIpc) is 2.43. The van der Waals surface area contributed by atoms with Crippen molar-refractivity contribution < 1.29 is 0 Å². The molecule has 0 aromatic carbocycles. The van der Waals surface area contributed by atoms with Crippen molar-refractivity contribution in [2.75, 3.05) is 19.3 Å². The first kappa shape index (κ1) is 13.7. The van der Waals surface area contributed by atoms with Crippen molar-refractivity contribution in [3.63, 3.8) is 0 Å². The van der Waals surface area contributed by atoms with Crippen LogP contribution in [0.4, 0.5) is 0 Å². The standard InChI is InChI=1S/C15H27N3S/c1-11-9-13(7-8-18(11)2)16-15-17-14-6-4-3-5-12(14)10-19-15/h11-14H,3-10H2,1-2H3,(H,16,17). The number of rotatable bonds is 1. The largest absolute Gasteiger partial charge is 0.362 e. The summed E-state index contributed by atoms with van der Waals surface area (Å²) in [6.45, 7) is 3.55. The van der Waals surface area contributed by atoms with Crippen LogP contribution in [-0.2, 0) is 0 Å². The van der Waals surface area contributed by atoms with E-state index in [1.54, 1.807) is 0 Å². The lowest BCUT2D eigenvalue weighted by Crippen LogP contribution is -2.48. The number of thioether (sulfide) groups is 1. The first-order chi connectivity index (χ1) is 9.22. The zero-order chi connectivity index (χ0) is 13.2. The lowest BCUT2D eigenvalue weighted by Gasteiger charge is -2.38. The van der Waals surface area contributed by atoms with Crippen LogP contribution in [0.2, 0.25) is 0 Å². The molecule has 4 unspecified atom stereocenters. The van der Waals surface area contributed by atoms with E-state index in [2.05, 4.69) is 24.2 Å². The summed E-state index contributed by atoms with van der Waals surface area (Å²) in [5, 5.41) is 4.97. The molecule has 2 fully saturated rings. The Kier molecular flexibility index (Phi) is 4.37. The lowest BCUT2D eigenvalue weighted by atomic mass is 9.86. The quantitative estimate of drug-likeness (QED) is 0.801. The van der Waals surface area contributed by atoms with Crippen LogP contribution in [0.15, 0.2) is 4.99 Å². The van der Waals surface area contributed by atoms with Gasteiger partial charge in [0.25, 0.3) is 0 Å². The summed E-state index contributed by atoms with van der Waals surface area (Å²) in [6.07, 6.45) is 8.04. The fourth-order valence-electron chi connectivity index (χ4n) is 3.60. The molecule has 3 aliphatic rings. The van der Waals surface area contributed by atoms with E-state index < -0.39 is 0 Å². The Hall–Kier alpha value is -0.220. The topological polar surface area (TPSA) is 27.6 Å². The van der Waals surface area contributed by atoms with Gasteiger partial charge in [0.05, 0.1) is 6.04 Å². The van der Waals surface area contributed by atoms with Gasteiger partial charge >= 0.3 is 0 Å². The molecule has 0 bridgehead atoms. The number of fused-ring (bicyclic) bond motifs is 1. The number of nitrogens with zero attached hydrogens (tertiary/aromatic N) is 2. The average molecular weight is 281 g/mol. The van der Waals surface area contributed by atoms with Gasteiger partial charge in [0.1, 0.15) is 0 Å². The van der Waals surface area contributed by atoms with Crippen LogP contribution in [0.25, 0.3) is 0 Å². The highest BCUT2D eigenvalue weighted by atomic mass is 32.2. The summed E-state index contributed by atoms with van der Waals surface area (Å²) >= 11 is 1.97. The van der Waals surface area contributed by atoms with E-state index in [1.807, 2.05) is 11.8 Å². The molecule has 1 N–H and O–H groups in total. The molecule has 2 heterocycles. The van der Waals surface area contributed by atoms with Gasteiger partial charge in [-0.15, -0.1) is 0 Å². The van der Waals surface area contributed by atoms with Crippen LogP contribution >= 0.6 is 11.8 Å². The van der Waals surface area contributed by atoms with E-state index in [0.29, 0.717) is 18.1 Å². The molecule has 19 heavy (non-hydrogen) atoms. The summed E-state index contributed by atoms with van der Waals surface area (Å²) in [7, 11) is 2.24. The minimum absolute atomic E-state index is 0.626. The molecular formula is C15H27N3S. The van der Waals surface area contributed by atoms with Crippen molar-refractivity contribution in [3.8, 4) is 0 Å². The summed E-state index contributed by atoms with van der Waals surface area (Å²) in [6, 6.07) is 1.96. The van der Waals surface area contributed by atoms with Crippen LogP contribution in [0.3, 0.4) is 0 Å². The minimum atomic E-state index is 0.626. The van der Waals surface area contributed by atoms with Crippen LogP contribution in [0, 0.1) is 5.92 Å². The van der Waals surface area contributed by atoms with Gasteiger partial charge in [0.2, 0.25) is 0 Å². The number of amidine groups is 1. The first-order valence-corrected chi connectivity index (χ1v) is 8.88. The van der Waals surface area contributed by atoms with E-state index >= 15 is 0 Å². The van der Waals surface area contributed by atoms with Crippen LogP contribution < -0.4 is 5.32 Å². The molecule has 3 rings (SSSR count). The number of likely N-dealkylation sites (tertiary alicyclic amines) is 1. The fraction of sp³-hybridized carbons (Fsp3) is 0.933. The molecule has 1 saturated heterocycles. The number of hydrogen-bond donors (Lipinski definition) is 1. The minimum Gasteiger partial charge on any atom is -0.362 e. The monoisotopic (exact) mass is 281 g/mol. The normalized spacial score (nSPS) is 40.4. The molecule has 1 saturated carbocycles. The number of hydrogen-bond acceptors (Lipinski definition) is 4. The molecule has 4 heteroatoms. The summed E-state index contributed by atoms with van der Waals surface area (Å²) in [4.78, 5) is 7.46. The van der Waals surface area contributed by atoms with Gasteiger partial charge in [0.15, 0.2) is 5.17 Å². The maximum Gasteiger partial charge on any atom is 0.157 e. The molecule has 108 valence electrons. The van der Waals surface area contributed by atoms with Gasteiger partial charge in [-0.2, -0.15) is 0 Å². The van der Waals surface area contributed by atoms with Crippen molar-refractivity contribution in [1.82, 2.24) is 10.2 Å². The van der Waals surface area contributed by atoms with Crippen molar-refractivity contribution in [1.29, 1.82) is 0 Å². The smallest absolute Gasteiger partial charge is 0.157 e. The molecular weight excluding hydrogens is 254 g/mol.